The molecule has 0 saturated heterocycles. The Bertz CT molecular complexity index is 1140. The summed E-state index contributed by atoms with van der Waals surface area (Å²) in [6.07, 6.45) is 1.47. The highest BCUT2D eigenvalue weighted by molar-refractivity contribution is 5.44. The van der Waals surface area contributed by atoms with E-state index in [0.717, 1.165) is 10.4 Å². The number of rotatable bonds is 4. The van der Waals surface area contributed by atoms with E-state index in [-0.39, 0.29) is 12.4 Å². The van der Waals surface area contributed by atoms with Gasteiger partial charge in [-0.15, -0.1) is 5.10 Å². The standard InChI is InChI=1S/C18H13N5O3/c1-12-14(10-19)15(23(20-12)13-6-3-2-4-7-13)11-22-18(24)26-17(21-22)16-8-5-9-25-16/h2-9H,11H2,1H3. The van der Waals surface area contributed by atoms with E-state index in [1.807, 2.05) is 30.3 Å². The Kier molecular flexibility index (Phi) is 3.74. The van der Waals surface area contributed by atoms with Gasteiger partial charge in [0.1, 0.15) is 6.07 Å². The lowest BCUT2D eigenvalue weighted by Gasteiger charge is -2.07. The Labute approximate surface area is 147 Å². The van der Waals surface area contributed by atoms with Crippen LogP contribution in [0.15, 0.2) is 62.4 Å². The van der Waals surface area contributed by atoms with Crippen molar-refractivity contribution < 1.29 is 8.83 Å². The van der Waals surface area contributed by atoms with Crippen LogP contribution in [-0.2, 0) is 6.54 Å². The Balaban J connectivity index is 1.80. The number of nitrogens with zero attached hydrogens (tertiary/aromatic N) is 5. The molecular formula is C18H13N5O3. The third-order valence-electron chi connectivity index (χ3n) is 3.91. The zero-order valence-corrected chi connectivity index (χ0v) is 13.8. The largest absolute Gasteiger partial charge is 0.459 e. The SMILES string of the molecule is Cc1nn(-c2ccccc2)c(Cn2nc(-c3ccco3)oc2=O)c1C#N. The lowest BCUT2D eigenvalue weighted by Crippen LogP contribution is -2.19. The van der Waals surface area contributed by atoms with Gasteiger partial charge in [-0.25, -0.2) is 9.48 Å². The fourth-order valence-corrected chi connectivity index (χ4v) is 2.70. The van der Waals surface area contributed by atoms with Gasteiger partial charge in [-0.2, -0.15) is 15.0 Å². The zero-order valence-electron chi connectivity index (χ0n) is 13.8. The molecule has 8 heteroatoms. The predicted molar refractivity (Wildman–Crippen MR) is 90.6 cm³/mol. The minimum Gasteiger partial charge on any atom is -0.459 e. The molecule has 3 heterocycles. The summed E-state index contributed by atoms with van der Waals surface area (Å²) in [4.78, 5) is 12.2. The van der Waals surface area contributed by atoms with Gasteiger partial charge < -0.3 is 8.83 Å². The first kappa shape index (κ1) is 15.7. The number of hydrogen-bond acceptors (Lipinski definition) is 6. The van der Waals surface area contributed by atoms with Crippen LogP contribution in [-0.4, -0.2) is 19.6 Å². The number of benzene rings is 1. The predicted octanol–water partition coefficient (Wildman–Crippen LogP) is 2.51. The molecule has 26 heavy (non-hydrogen) atoms. The van der Waals surface area contributed by atoms with Gasteiger partial charge in [0, 0.05) is 0 Å². The van der Waals surface area contributed by atoms with Crippen LogP contribution in [0.25, 0.3) is 17.3 Å². The van der Waals surface area contributed by atoms with Gasteiger partial charge in [0.15, 0.2) is 5.76 Å². The number of para-hydroxylation sites is 1. The summed E-state index contributed by atoms with van der Waals surface area (Å²) in [7, 11) is 0. The summed E-state index contributed by atoms with van der Waals surface area (Å²) in [6, 6.07) is 14.9. The van der Waals surface area contributed by atoms with E-state index in [1.54, 1.807) is 23.7 Å². The summed E-state index contributed by atoms with van der Waals surface area (Å²) in [5.74, 6) is -0.200. The number of aromatic nitrogens is 4. The summed E-state index contributed by atoms with van der Waals surface area (Å²) < 4.78 is 13.1. The topological polar surface area (TPSA) is 103 Å². The summed E-state index contributed by atoms with van der Waals surface area (Å²) in [6.45, 7) is 1.79. The molecule has 8 nitrogen and oxygen atoms in total. The van der Waals surface area contributed by atoms with E-state index in [4.69, 9.17) is 8.83 Å². The van der Waals surface area contributed by atoms with E-state index >= 15 is 0 Å². The molecule has 128 valence electrons. The molecule has 0 aliphatic heterocycles. The molecule has 0 saturated carbocycles. The molecule has 0 radical (unpaired) electrons. The molecule has 0 atom stereocenters. The molecule has 0 unspecified atom stereocenters. The van der Waals surface area contributed by atoms with E-state index < -0.39 is 5.76 Å². The average molecular weight is 347 g/mol. The molecule has 0 aliphatic rings. The number of aryl methyl sites for hydroxylation is 1. The molecule has 1 aromatic carbocycles. The van der Waals surface area contributed by atoms with E-state index in [0.29, 0.717) is 22.7 Å². The fraction of sp³-hybridized carbons (Fsp3) is 0.111. The van der Waals surface area contributed by atoms with Gasteiger partial charge in [0.25, 0.3) is 5.89 Å². The Morgan fingerprint density at radius 1 is 1.15 bits per heavy atom. The third-order valence-corrected chi connectivity index (χ3v) is 3.91. The van der Waals surface area contributed by atoms with Gasteiger partial charge in [0.2, 0.25) is 0 Å². The number of nitriles is 1. The molecule has 0 aliphatic carbocycles. The molecule has 3 aromatic heterocycles. The van der Waals surface area contributed by atoms with Crippen molar-refractivity contribution in [2.75, 3.05) is 0 Å². The molecular weight excluding hydrogens is 334 g/mol. The lowest BCUT2D eigenvalue weighted by atomic mass is 10.2. The average Bonchev–Trinajstić information content (AvgIpc) is 3.36. The minimum atomic E-state index is -0.640. The number of furan rings is 1. The van der Waals surface area contributed by atoms with Crippen LogP contribution in [0.1, 0.15) is 17.0 Å². The minimum absolute atomic E-state index is 0.0433. The Hall–Kier alpha value is -3.86. The van der Waals surface area contributed by atoms with Crippen molar-refractivity contribution in [1.29, 1.82) is 5.26 Å². The lowest BCUT2D eigenvalue weighted by molar-refractivity contribution is 0.474. The van der Waals surface area contributed by atoms with Crippen molar-refractivity contribution in [3.8, 4) is 23.4 Å². The molecule has 4 aromatic rings. The van der Waals surface area contributed by atoms with Crippen molar-refractivity contribution >= 4 is 0 Å². The van der Waals surface area contributed by atoms with Crippen molar-refractivity contribution in [2.24, 2.45) is 0 Å². The van der Waals surface area contributed by atoms with Crippen molar-refractivity contribution in [2.45, 2.75) is 13.5 Å². The van der Waals surface area contributed by atoms with Gasteiger partial charge >= 0.3 is 5.76 Å². The van der Waals surface area contributed by atoms with Crippen LogP contribution >= 0.6 is 0 Å². The molecule has 0 amide bonds. The quantitative estimate of drug-likeness (QED) is 0.562. The van der Waals surface area contributed by atoms with Crippen LogP contribution in [0.3, 0.4) is 0 Å². The zero-order chi connectivity index (χ0) is 18.1. The van der Waals surface area contributed by atoms with E-state index in [1.165, 1.54) is 6.26 Å². The van der Waals surface area contributed by atoms with Crippen molar-refractivity contribution in [3.05, 3.63) is 76.2 Å². The van der Waals surface area contributed by atoms with Crippen LogP contribution in [0.4, 0.5) is 0 Å². The molecule has 4 rings (SSSR count). The maximum absolute atomic E-state index is 12.2. The van der Waals surface area contributed by atoms with E-state index in [9.17, 15) is 10.1 Å². The summed E-state index contributed by atoms with van der Waals surface area (Å²) in [5.41, 5.74) is 2.32. The summed E-state index contributed by atoms with van der Waals surface area (Å²) >= 11 is 0. The highest BCUT2D eigenvalue weighted by Crippen LogP contribution is 2.20. The van der Waals surface area contributed by atoms with Gasteiger partial charge in [-0.05, 0) is 31.2 Å². The second kappa shape index (κ2) is 6.22. The first-order valence-corrected chi connectivity index (χ1v) is 7.83. The smallest absolute Gasteiger partial charge is 0.437 e. The van der Waals surface area contributed by atoms with Crippen molar-refractivity contribution in [1.82, 2.24) is 19.6 Å². The summed E-state index contributed by atoms with van der Waals surface area (Å²) in [5, 5.41) is 18.1. The van der Waals surface area contributed by atoms with Gasteiger partial charge in [0.05, 0.1) is 35.4 Å². The Morgan fingerprint density at radius 3 is 2.65 bits per heavy atom. The third kappa shape index (κ3) is 2.61. The highest BCUT2D eigenvalue weighted by atomic mass is 16.4. The second-order valence-corrected chi connectivity index (χ2v) is 5.57. The van der Waals surface area contributed by atoms with Crippen LogP contribution in [0.2, 0.25) is 0 Å². The second-order valence-electron chi connectivity index (χ2n) is 5.57. The number of hydrogen-bond donors (Lipinski definition) is 0. The van der Waals surface area contributed by atoms with Gasteiger partial charge in [-0.1, -0.05) is 18.2 Å². The van der Waals surface area contributed by atoms with Crippen LogP contribution < -0.4 is 5.76 Å². The first-order valence-electron chi connectivity index (χ1n) is 7.83. The highest BCUT2D eigenvalue weighted by Gasteiger charge is 2.20. The molecule has 0 bridgehead atoms. The van der Waals surface area contributed by atoms with Crippen molar-refractivity contribution in [3.63, 3.8) is 0 Å². The Morgan fingerprint density at radius 2 is 1.96 bits per heavy atom. The maximum atomic E-state index is 12.2. The van der Waals surface area contributed by atoms with Crippen LogP contribution in [0.5, 0.6) is 0 Å². The monoisotopic (exact) mass is 347 g/mol. The molecule has 0 fully saturated rings. The molecule has 0 spiro atoms. The van der Waals surface area contributed by atoms with E-state index in [2.05, 4.69) is 16.3 Å². The van der Waals surface area contributed by atoms with Gasteiger partial charge in [-0.3, -0.25) is 0 Å². The fourth-order valence-electron chi connectivity index (χ4n) is 2.70. The molecule has 0 N–H and O–H groups in total. The maximum Gasteiger partial charge on any atom is 0.437 e. The van der Waals surface area contributed by atoms with Crippen LogP contribution in [0, 0.1) is 18.3 Å². The normalized spacial score (nSPS) is 10.8. The first-order chi connectivity index (χ1) is 12.7.